The number of nitrogens with zero attached hydrogens (tertiary/aromatic N) is 3. The smallest absolute Gasteiger partial charge is 0.275 e. The molecule has 2 aromatic carbocycles. The molecule has 1 aliphatic carbocycles. The number of hydrogen-bond donors (Lipinski definition) is 3. The molecule has 3 N–H and O–H groups in total. The molecule has 0 spiro atoms. The molecule has 38 heavy (non-hydrogen) atoms. The van der Waals surface area contributed by atoms with Crippen LogP contribution in [0.3, 0.4) is 0 Å². The highest BCUT2D eigenvalue weighted by Crippen LogP contribution is 2.43. The minimum absolute atomic E-state index is 0.120. The van der Waals surface area contributed by atoms with Crippen molar-refractivity contribution in [3.63, 3.8) is 0 Å². The Morgan fingerprint density at radius 2 is 1.82 bits per heavy atom. The molecule has 3 aromatic rings. The highest BCUT2D eigenvalue weighted by Gasteiger charge is 2.37. The number of carbonyl (C=O) groups is 1. The number of fused-ring (bicyclic) bond motifs is 1. The van der Waals surface area contributed by atoms with E-state index in [0.29, 0.717) is 35.7 Å². The molecule has 1 aromatic heterocycles. The monoisotopic (exact) mass is 538 g/mol. The lowest BCUT2D eigenvalue weighted by Crippen LogP contribution is -2.37. The van der Waals surface area contributed by atoms with Gasteiger partial charge in [-0.1, -0.05) is 56.0 Å². The van der Waals surface area contributed by atoms with Crippen LogP contribution < -0.4 is 5.32 Å². The van der Waals surface area contributed by atoms with E-state index in [1.165, 1.54) is 0 Å². The number of amides is 1. The van der Waals surface area contributed by atoms with Crippen LogP contribution >= 0.6 is 11.6 Å². The first-order valence-corrected chi connectivity index (χ1v) is 13.8. The lowest BCUT2D eigenvalue weighted by atomic mass is 9.73. The Morgan fingerprint density at radius 3 is 2.53 bits per heavy atom. The number of ether oxygens (including phenoxy) is 1. The van der Waals surface area contributed by atoms with Gasteiger partial charge in [0, 0.05) is 42.5 Å². The fourth-order valence-electron chi connectivity index (χ4n) is 5.63. The SMILES string of the molecule is CC(c1cc(CN2CCOCC2)cc2c(O)c(C(=O)NCc3ccc(Cl)cc3)nnc12)C1(O)CCCCC1. The molecule has 1 atom stereocenters. The van der Waals surface area contributed by atoms with Crippen LogP contribution in [-0.4, -0.2) is 63.1 Å². The minimum atomic E-state index is -0.839. The van der Waals surface area contributed by atoms with E-state index in [0.717, 1.165) is 61.9 Å². The zero-order valence-corrected chi connectivity index (χ0v) is 22.5. The summed E-state index contributed by atoms with van der Waals surface area (Å²) >= 11 is 5.95. The third kappa shape index (κ3) is 5.78. The molecule has 1 amide bonds. The molecule has 0 radical (unpaired) electrons. The Balaban J connectivity index is 1.49. The van der Waals surface area contributed by atoms with Gasteiger partial charge in [0.1, 0.15) is 5.52 Å². The molecule has 8 nitrogen and oxygen atoms in total. The predicted molar refractivity (Wildman–Crippen MR) is 146 cm³/mol. The van der Waals surface area contributed by atoms with E-state index in [2.05, 4.69) is 26.5 Å². The number of nitrogens with one attached hydrogen (secondary N) is 1. The molecular formula is C29H35ClN4O4. The van der Waals surface area contributed by atoms with E-state index in [1.807, 2.05) is 25.1 Å². The molecular weight excluding hydrogens is 504 g/mol. The lowest BCUT2D eigenvalue weighted by molar-refractivity contribution is -0.0166. The van der Waals surface area contributed by atoms with Gasteiger partial charge in [0.25, 0.3) is 5.91 Å². The number of aromatic hydroxyl groups is 1. The van der Waals surface area contributed by atoms with Crippen molar-refractivity contribution < 1.29 is 19.7 Å². The number of halogens is 1. The van der Waals surface area contributed by atoms with Gasteiger partial charge in [-0.3, -0.25) is 9.69 Å². The number of rotatable bonds is 7. The average Bonchev–Trinajstić information content (AvgIpc) is 2.93. The second kappa shape index (κ2) is 11.5. The van der Waals surface area contributed by atoms with Crippen molar-refractivity contribution >= 4 is 28.4 Å². The van der Waals surface area contributed by atoms with Gasteiger partial charge in [-0.05, 0) is 47.7 Å². The number of benzene rings is 2. The van der Waals surface area contributed by atoms with E-state index in [1.54, 1.807) is 12.1 Å². The van der Waals surface area contributed by atoms with Gasteiger partial charge in [0.2, 0.25) is 0 Å². The molecule has 1 unspecified atom stereocenters. The number of morpholine rings is 1. The van der Waals surface area contributed by atoms with Gasteiger partial charge < -0.3 is 20.3 Å². The molecule has 9 heteroatoms. The van der Waals surface area contributed by atoms with Crippen LogP contribution in [0.4, 0.5) is 0 Å². The van der Waals surface area contributed by atoms with Crippen LogP contribution in [0.1, 0.15) is 72.1 Å². The largest absolute Gasteiger partial charge is 0.505 e. The number of carbonyl (C=O) groups excluding carboxylic acids is 1. The van der Waals surface area contributed by atoms with Crippen molar-refractivity contribution in [2.75, 3.05) is 26.3 Å². The van der Waals surface area contributed by atoms with Gasteiger partial charge in [-0.25, -0.2) is 0 Å². The summed E-state index contributed by atoms with van der Waals surface area (Å²) in [5, 5.41) is 35.3. The Labute approximate surface area is 228 Å². The maximum atomic E-state index is 13.0. The maximum Gasteiger partial charge on any atom is 0.275 e. The Morgan fingerprint density at radius 1 is 1.11 bits per heavy atom. The van der Waals surface area contributed by atoms with Crippen molar-refractivity contribution in [2.24, 2.45) is 0 Å². The van der Waals surface area contributed by atoms with Gasteiger partial charge in [-0.2, -0.15) is 0 Å². The topological polar surface area (TPSA) is 108 Å². The summed E-state index contributed by atoms with van der Waals surface area (Å²) in [6.07, 6.45) is 4.56. The lowest BCUT2D eigenvalue weighted by Gasteiger charge is -2.38. The van der Waals surface area contributed by atoms with Crippen LogP contribution in [0.25, 0.3) is 10.9 Å². The van der Waals surface area contributed by atoms with Crippen LogP contribution in [0.2, 0.25) is 5.02 Å². The van der Waals surface area contributed by atoms with Gasteiger partial charge in [-0.15, -0.1) is 10.2 Å². The summed E-state index contributed by atoms with van der Waals surface area (Å²) < 4.78 is 5.50. The molecule has 5 rings (SSSR count). The number of hydrogen-bond acceptors (Lipinski definition) is 7. The fraction of sp³-hybridized carbons (Fsp3) is 0.483. The van der Waals surface area contributed by atoms with Crippen LogP contribution in [0.15, 0.2) is 36.4 Å². The Kier molecular flexibility index (Phi) is 8.14. The standard InChI is InChI=1S/C29H35ClN4O4/c1-19(29(37)9-3-2-4-10-29)23-15-21(18-34-11-13-38-14-12-34)16-24-25(23)32-33-26(27(24)35)28(36)31-17-20-5-7-22(30)8-6-20/h5-8,15-16,19,37H,2-4,9-14,17-18H2,1H3,(H,31,36)(H,32,35). The third-order valence-corrected chi connectivity index (χ3v) is 8.26. The zero-order chi connectivity index (χ0) is 26.7. The molecule has 1 aliphatic heterocycles. The second-order valence-electron chi connectivity index (χ2n) is 10.6. The maximum absolute atomic E-state index is 13.0. The normalized spacial score (nSPS) is 18.8. The van der Waals surface area contributed by atoms with Gasteiger partial charge in [0.05, 0.1) is 18.8 Å². The molecule has 2 heterocycles. The summed E-state index contributed by atoms with van der Waals surface area (Å²) in [5.41, 5.74) is 2.29. The zero-order valence-electron chi connectivity index (χ0n) is 21.8. The number of aromatic nitrogens is 2. The first kappa shape index (κ1) is 26.8. The summed E-state index contributed by atoms with van der Waals surface area (Å²) in [7, 11) is 0. The van der Waals surface area contributed by atoms with Crippen molar-refractivity contribution in [1.82, 2.24) is 20.4 Å². The van der Waals surface area contributed by atoms with Crippen LogP contribution in [-0.2, 0) is 17.8 Å². The van der Waals surface area contributed by atoms with E-state index in [9.17, 15) is 15.0 Å². The molecule has 1 saturated heterocycles. The molecule has 202 valence electrons. The van der Waals surface area contributed by atoms with Crippen molar-refractivity contribution in [3.05, 3.63) is 63.8 Å². The second-order valence-corrected chi connectivity index (χ2v) is 11.0. The fourth-order valence-corrected chi connectivity index (χ4v) is 5.76. The molecule has 1 saturated carbocycles. The van der Waals surface area contributed by atoms with E-state index < -0.39 is 11.5 Å². The number of aliphatic hydroxyl groups is 1. The first-order valence-electron chi connectivity index (χ1n) is 13.4. The summed E-state index contributed by atoms with van der Waals surface area (Å²) in [4.78, 5) is 15.3. The highest BCUT2D eigenvalue weighted by atomic mass is 35.5. The quantitative estimate of drug-likeness (QED) is 0.405. The van der Waals surface area contributed by atoms with E-state index >= 15 is 0 Å². The summed E-state index contributed by atoms with van der Waals surface area (Å²) in [6, 6.07) is 11.2. The van der Waals surface area contributed by atoms with Crippen molar-refractivity contribution in [1.29, 1.82) is 0 Å². The molecule has 2 fully saturated rings. The minimum Gasteiger partial charge on any atom is -0.505 e. The summed E-state index contributed by atoms with van der Waals surface area (Å²) in [6.45, 7) is 6.00. The average molecular weight is 539 g/mol. The van der Waals surface area contributed by atoms with E-state index in [4.69, 9.17) is 16.3 Å². The molecule has 0 bridgehead atoms. The van der Waals surface area contributed by atoms with Gasteiger partial charge in [0.15, 0.2) is 11.4 Å². The van der Waals surface area contributed by atoms with Crippen LogP contribution in [0.5, 0.6) is 5.75 Å². The van der Waals surface area contributed by atoms with Crippen molar-refractivity contribution in [2.45, 2.75) is 63.6 Å². The summed E-state index contributed by atoms with van der Waals surface area (Å²) in [5.74, 6) is -0.907. The van der Waals surface area contributed by atoms with Gasteiger partial charge >= 0.3 is 0 Å². The molecule has 2 aliphatic rings. The van der Waals surface area contributed by atoms with Crippen LogP contribution in [0, 0.1) is 0 Å². The van der Waals surface area contributed by atoms with E-state index in [-0.39, 0.29) is 23.9 Å². The predicted octanol–water partition coefficient (Wildman–Crippen LogP) is 4.55. The Hall–Kier alpha value is -2.78. The third-order valence-electron chi connectivity index (χ3n) is 8.01. The highest BCUT2D eigenvalue weighted by molar-refractivity contribution is 6.30. The van der Waals surface area contributed by atoms with Crippen molar-refractivity contribution in [3.8, 4) is 5.75 Å². The first-order chi connectivity index (χ1) is 18.3. The Bertz CT molecular complexity index is 1290.